The van der Waals surface area contributed by atoms with Crippen LogP contribution in [0.25, 0.3) is 0 Å². The number of hydrogen-bond acceptors (Lipinski definition) is 5. The maximum Gasteiger partial charge on any atom is 0.244 e. The molecule has 2 heterocycles. The second-order valence-corrected chi connectivity index (χ2v) is 7.83. The lowest BCUT2D eigenvalue weighted by Gasteiger charge is -2.11. The van der Waals surface area contributed by atoms with Crippen LogP contribution in [0, 0.1) is 13.8 Å². The number of sulfonamides is 1. The molecule has 1 aromatic heterocycles. The molecule has 0 saturated carbocycles. The summed E-state index contributed by atoms with van der Waals surface area (Å²) < 4.78 is 32.8. The molecule has 19 heavy (non-hydrogen) atoms. The molecule has 1 fully saturated rings. The van der Waals surface area contributed by atoms with Gasteiger partial charge in [0.05, 0.1) is 0 Å². The Morgan fingerprint density at radius 1 is 1.42 bits per heavy atom. The van der Waals surface area contributed by atoms with Crippen molar-refractivity contribution in [1.29, 1.82) is 0 Å². The van der Waals surface area contributed by atoms with Gasteiger partial charge in [-0.05, 0) is 32.4 Å². The van der Waals surface area contributed by atoms with Crippen LogP contribution in [-0.4, -0.2) is 26.0 Å². The number of nitrogens with two attached hydrogens (primary N) is 1. The van der Waals surface area contributed by atoms with E-state index >= 15 is 0 Å². The van der Waals surface area contributed by atoms with Crippen molar-refractivity contribution in [3.05, 3.63) is 17.1 Å². The molecule has 0 bridgehead atoms. The average Bonchev–Trinajstić information content (AvgIpc) is 2.94. The Morgan fingerprint density at radius 2 is 2.16 bits per heavy atom. The quantitative estimate of drug-likeness (QED) is 0.861. The lowest BCUT2D eigenvalue weighted by atomic mass is 10.2. The fourth-order valence-corrected chi connectivity index (χ4v) is 5.22. The Bertz CT molecular complexity index is 546. The molecule has 3 N–H and O–H groups in total. The van der Waals surface area contributed by atoms with Crippen LogP contribution < -0.4 is 10.5 Å². The minimum Gasteiger partial charge on any atom is -0.465 e. The van der Waals surface area contributed by atoms with Gasteiger partial charge >= 0.3 is 0 Å². The molecule has 1 atom stereocenters. The SMILES string of the molecule is Cc1oc(C)c(S(=O)(=O)NCC2CCCS2)c1CN. The molecule has 1 aromatic rings. The van der Waals surface area contributed by atoms with Gasteiger partial charge in [0.1, 0.15) is 16.4 Å². The molecule has 2 rings (SSSR count). The Morgan fingerprint density at radius 3 is 2.74 bits per heavy atom. The van der Waals surface area contributed by atoms with E-state index in [1.54, 1.807) is 13.8 Å². The van der Waals surface area contributed by atoms with Crippen molar-refractivity contribution >= 4 is 21.8 Å². The number of nitrogens with one attached hydrogen (secondary N) is 1. The Hall–Kier alpha value is -0.500. The lowest BCUT2D eigenvalue weighted by molar-refractivity contribution is 0.494. The summed E-state index contributed by atoms with van der Waals surface area (Å²) in [7, 11) is -3.54. The maximum atomic E-state index is 12.4. The molecule has 0 aromatic carbocycles. The van der Waals surface area contributed by atoms with Gasteiger partial charge in [-0.2, -0.15) is 11.8 Å². The summed E-state index contributed by atoms with van der Waals surface area (Å²) in [6.07, 6.45) is 2.23. The van der Waals surface area contributed by atoms with Crippen LogP contribution in [0.1, 0.15) is 29.9 Å². The summed E-state index contributed by atoms with van der Waals surface area (Å²) in [6, 6.07) is 0. The third-order valence-corrected chi connectivity index (χ3v) is 6.34. The third-order valence-electron chi connectivity index (χ3n) is 3.32. The van der Waals surface area contributed by atoms with Gasteiger partial charge in [-0.25, -0.2) is 13.1 Å². The zero-order chi connectivity index (χ0) is 14.0. The first kappa shape index (κ1) is 14.9. The normalized spacial score (nSPS) is 20.1. The monoisotopic (exact) mass is 304 g/mol. The van der Waals surface area contributed by atoms with Gasteiger partial charge in [0, 0.05) is 23.9 Å². The fraction of sp³-hybridized carbons (Fsp3) is 0.667. The van der Waals surface area contributed by atoms with E-state index in [0.29, 0.717) is 28.9 Å². The molecule has 0 spiro atoms. The molecule has 108 valence electrons. The first-order chi connectivity index (χ1) is 8.95. The molecular formula is C12H20N2O3S2. The molecule has 1 unspecified atom stereocenters. The van der Waals surface area contributed by atoms with E-state index in [4.69, 9.17) is 10.2 Å². The Balaban J connectivity index is 2.19. The van der Waals surface area contributed by atoms with Crippen LogP contribution in [0.5, 0.6) is 0 Å². The summed E-state index contributed by atoms with van der Waals surface area (Å²) in [5, 5.41) is 0.379. The molecule has 1 aliphatic rings. The molecule has 7 heteroatoms. The molecule has 1 saturated heterocycles. The molecule has 0 aliphatic carbocycles. The van der Waals surface area contributed by atoms with Crippen molar-refractivity contribution in [2.75, 3.05) is 12.3 Å². The summed E-state index contributed by atoms with van der Waals surface area (Å²) in [6.45, 7) is 4.03. The number of hydrogen-bond donors (Lipinski definition) is 2. The van der Waals surface area contributed by atoms with E-state index in [9.17, 15) is 8.42 Å². The molecular weight excluding hydrogens is 284 g/mol. The van der Waals surface area contributed by atoms with E-state index in [0.717, 1.165) is 18.6 Å². The highest BCUT2D eigenvalue weighted by Crippen LogP contribution is 2.28. The van der Waals surface area contributed by atoms with Crippen LogP contribution in [0.2, 0.25) is 0 Å². The second-order valence-electron chi connectivity index (χ2n) is 4.71. The van der Waals surface area contributed by atoms with Gasteiger partial charge in [0.15, 0.2) is 0 Å². The van der Waals surface area contributed by atoms with Gasteiger partial charge in [-0.15, -0.1) is 0 Å². The smallest absolute Gasteiger partial charge is 0.244 e. The minimum atomic E-state index is -3.54. The summed E-state index contributed by atoms with van der Waals surface area (Å²) in [4.78, 5) is 0.218. The number of thioether (sulfide) groups is 1. The first-order valence-electron chi connectivity index (χ1n) is 6.36. The van der Waals surface area contributed by atoms with E-state index < -0.39 is 10.0 Å². The molecule has 0 radical (unpaired) electrons. The van der Waals surface area contributed by atoms with Crippen molar-refractivity contribution in [2.24, 2.45) is 5.73 Å². The number of aryl methyl sites for hydroxylation is 2. The van der Waals surface area contributed by atoms with Crippen LogP contribution in [-0.2, 0) is 16.6 Å². The zero-order valence-electron chi connectivity index (χ0n) is 11.2. The lowest BCUT2D eigenvalue weighted by Crippen LogP contribution is -2.30. The highest BCUT2D eigenvalue weighted by Gasteiger charge is 2.27. The average molecular weight is 304 g/mol. The van der Waals surface area contributed by atoms with Crippen LogP contribution in [0.3, 0.4) is 0 Å². The molecule has 1 aliphatic heterocycles. The maximum absolute atomic E-state index is 12.4. The third kappa shape index (κ3) is 3.16. The van der Waals surface area contributed by atoms with Crippen molar-refractivity contribution in [1.82, 2.24) is 4.72 Å². The second kappa shape index (κ2) is 5.87. The van der Waals surface area contributed by atoms with Gasteiger partial charge in [0.2, 0.25) is 10.0 Å². The van der Waals surface area contributed by atoms with E-state index in [1.165, 1.54) is 0 Å². The van der Waals surface area contributed by atoms with Crippen molar-refractivity contribution in [3.63, 3.8) is 0 Å². The van der Waals surface area contributed by atoms with E-state index in [2.05, 4.69) is 4.72 Å². The predicted octanol–water partition coefficient (Wildman–Crippen LogP) is 1.53. The largest absolute Gasteiger partial charge is 0.465 e. The van der Waals surface area contributed by atoms with E-state index in [1.807, 2.05) is 11.8 Å². The van der Waals surface area contributed by atoms with Gasteiger partial charge in [-0.3, -0.25) is 0 Å². The van der Waals surface area contributed by atoms with E-state index in [-0.39, 0.29) is 11.4 Å². The topological polar surface area (TPSA) is 85.3 Å². The Labute approximate surface area is 118 Å². The van der Waals surface area contributed by atoms with Gasteiger partial charge in [0.25, 0.3) is 0 Å². The Kier molecular flexibility index (Phi) is 4.60. The number of rotatable bonds is 5. The molecule has 5 nitrogen and oxygen atoms in total. The fourth-order valence-electron chi connectivity index (χ4n) is 2.38. The predicted molar refractivity (Wildman–Crippen MR) is 76.7 cm³/mol. The number of furan rings is 1. The van der Waals surface area contributed by atoms with Crippen LogP contribution >= 0.6 is 11.8 Å². The zero-order valence-corrected chi connectivity index (χ0v) is 12.9. The van der Waals surface area contributed by atoms with Crippen molar-refractivity contribution in [2.45, 2.75) is 43.4 Å². The molecule has 0 amide bonds. The summed E-state index contributed by atoms with van der Waals surface area (Å²) >= 11 is 1.82. The van der Waals surface area contributed by atoms with Gasteiger partial charge < -0.3 is 10.2 Å². The van der Waals surface area contributed by atoms with Crippen LogP contribution in [0.15, 0.2) is 9.31 Å². The highest BCUT2D eigenvalue weighted by molar-refractivity contribution is 8.00. The highest BCUT2D eigenvalue weighted by atomic mass is 32.2. The van der Waals surface area contributed by atoms with Crippen molar-refractivity contribution < 1.29 is 12.8 Å². The summed E-state index contributed by atoms with van der Waals surface area (Å²) in [5.74, 6) is 2.10. The standard InChI is InChI=1S/C12H20N2O3S2/c1-8-11(6-13)12(9(2)17-8)19(15,16)14-7-10-4-3-5-18-10/h10,14H,3-7,13H2,1-2H3. The summed E-state index contributed by atoms with van der Waals surface area (Å²) in [5.41, 5.74) is 6.20. The minimum absolute atomic E-state index is 0.164. The van der Waals surface area contributed by atoms with Crippen molar-refractivity contribution in [3.8, 4) is 0 Å². The first-order valence-corrected chi connectivity index (χ1v) is 8.89. The van der Waals surface area contributed by atoms with Gasteiger partial charge in [-0.1, -0.05) is 0 Å². The van der Waals surface area contributed by atoms with Crippen LogP contribution in [0.4, 0.5) is 0 Å².